The van der Waals surface area contributed by atoms with Gasteiger partial charge >= 0.3 is 0 Å². The summed E-state index contributed by atoms with van der Waals surface area (Å²) in [5.74, 6) is 1.83. The van der Waals surface area contributed by atoms with Crippen molar-refractivity contribution in [2.75, 3.05) is 26.2 Å². The van der Waals surface area contributed by atoms with Crippen LogP contribution in [0.2, 0.25) is 0 Å². The molecule has 4 saturated carbocycles. The van der Waals surface area contributed by atoms with Gasteiger partial charge in [-0.25, -0.2) is 0 Å². The number of amides is 2. The van der Waals surface area contributed by atoms with Crippen molar-refractivity contribution in [1.82, 2.24) is 14.4 Å². The summed E-state index contributed by atoms with van der Waals surface area (Å²) in [7, 11) is 0. The molecule has 4 aliphatic carbocycles. The summed E-state index contributed by atoms with van der Waals surface area (Å²) in [4.78, 5) is 43.1. The van der Waals surface area contributed by atoms with Crippen LogP contribution in [0, 0.1) is 35.0 Å². The second-order valence-corrected chi connectivity index (χ2v) is 10.9. The van der Waals surface area contributed by atoms with Gasteiger partial charge in [-0.15, -0.1) is 0 Å². The Bertz CT molecular complexity index is 1150. The number of likely N-dealkylation sites (tertiary alicyclic amines) is 2. The Labute approximate surface area is 193 Å². The maximum Gasteiger partial charge on any atom is 0.255 e. The van der Waals surface area contributed by atoms with Crippen molar-refractivity contribution < 1.29 is 14.4 Å². The smallest absolute Gasteiger partial charge is 0.255 e. The molecular formula is C27H29N3O3. The SMILES string of the molecule is O=C1C2CC3C1C3C2C(=O)N1CCC2(CCN(C(=O)c3ccccc3-n3cccc3)CC2)C1. The molecule has 1 aromatic heterocycles. The van der Waals surface area contributed by atoms with E-state index in [1.807, 2.05) is 58.3 Å². The first-order chi connectivity index (χ1) is 16.1. The number of hydrogen-bond donors (Lipinski definition) is 0. The number of aromatic nitrogens is 1. The number of benzene rings is 1. The molecule has 8 rings (SSSR count). The second-order valence-electron chi connectivity index (χ2n) is 10.9. The normalized spacial score (nSPS) is 33.2. The van der Waals surface area contributed by atoms with Crippen LogP contribution in [0.5, 0.6) is 0 Å². The summed E-state index contributed by atoms with van der Waals surface area (Å²) >= 11 is 0. The minimum Gasteiger partial charge on any atom is -0.342 e. The molecular weight excluding hydrogens is 414 g/mol. The molecule has 5 unspecified atom stereocenters. The monoisotopic (exact) mass is 443 g/mol. The fourth-order valence-corrected chi connectivity index (χ4v) is 7.65. The Morgan fingerprint density at radius 1 is 0.909 bits per heavy atom. The summed E-state index contributed by atoms with van der Waals surface area (Å²) < 4.78 is 1.99. The number of rotatable bonds is 3. The lowest BCUT2D eigenvalue weighted by Crippen LogP contribution is -2.45. The zero-order chi connectivity index (χ0) is 22.3. The molecule has 2 amide bonds. The number of carbonyl (C=O) groups excluding carboxylic acids is 3. The predicted molar refractivity (Wildman–Crippen MR) is 122 cm³/mol. The molecule has 33 heavy (non-hydrogen) atoms. The molecule has 4 bridgehead atoms. The van der Waals surface area contributed by atoms with Crippen LogP contribution in [0.1, 0.15) is 36.0 Å². The maximum atomic E-state index is 13.4. The Morgan fingerprint density at radius 3 is 2.24 bits per heavy atom. The molecule has 0 radical (unpaired) electrons. The van der Waals surface area contributed by atoms with Crippen molar-refractivity contribution in [3.63, 3.8) is 0 Å². The van der Waals surface area contributed by atoms with Crippen LogP contribution in [0.25, 0.3) is 5.69 Å². The van der Waals surface area contributed by atoms with Crippen LogP contribution in [0.15, 0.2) is 48.8 Å². The van der Waals surface area contributed by atoms with Crippen LogP contribution in [-0.4, -0.2) is 58.1 Å². The lowest BCUT2D eigenvalue weighted by molar-refractivity contribution is -0.138. The number of nitrogens with zero attached hydrogens (tertiary/aromatic N) is 3. The van der Waals surface area contributed by atoms with E-state index in [2.05, 4.69) is 4.90 Å². The van der Waals surface area contributed by atoms with Gasteiger partial charge in [0, 0.05) is 50.4 Å². The topological polar surface area (TPSA) is 62.6 Å². The molecule has 6 fully saturated rings. The first kappa shape index (κ1) is 19.6. The first-order valence-corrected chi connectivity index (χ1v) is 12.4. The van der Waals surface area contributed by atoms with Crippen LogP contribution in [0.4, 0.5) is 0 Å². The number of ketones is 1. The van der Waals surface area contributed by atoms with E-state index in [0.717, 1.165) is 63.1 Å². The molecule has 2 aliphatic heterocycles. The quantitative estimate of drug-likeness (QED) is 0.733. The highest BCUT2D eigenvalue weighted by molar-refractivity contribution is 6.00. The molecule has 6 aliphatic rings. The van der Waals surface area contributed by atoms with Gasteiger partial charge in [-0.05, 0) is 67.2 Å². The van der Waals surface area contributed by atoms with E-state index in [4.69, 9.17) is 0 Å². The third kappa shape index (κ3) is 2.76. The van der Waals surface area contributed by atoms with Crippen LogP contribution in [0.3, 0.4) is 0 Å². The number of hydrogen-bond acceptors (Lipinski definition) is 3. The average molecular weight is 444 g/mol. The van der Waals surface area contributed by atoms with Gasteiger partial charge in [0.2, 0.25) is 5.91 Å². The number of para-hydroxylation sites is 1. The Hall–Kier alpha value is -2.89. The van der Waals surface area contributed by atoms with Crippen LogP contribution >= 0.6 is 0 Å². The Kier molecular flexibility index (Phi) is 4.04. The van der Waals surface area contributed by atoms with Crippen molar-refractivity contribution in [2.45, 2.75) is 25.7 Å². The zero-order valence-electron chi connectivity index (χ0n) is 18.7. The van der Waals surface area contributed by atoms with Gasteiger partial charge in [-0.3, -0.25) is 14.4 Å². The maximum absolute atomic E-state index is 13.4. The van der Waals surface area contributed by atoms with Crippen molar-refractivity contribution in [2.24, 2.45) is 35.0 Å². The molecule has 6 heteroatoms. The lowest BCUT2D eigenvalue weighted by Gasteiger charge is -2.39. The number of piperidine rings is 1. The summed E-state index contributed by atoms with van der Waals surface area (Å²) in [5.41, 5.74) is 1.77. The van der Waals surface area contributed by atoms with Gasteiger partial charge < -0.3 is 14.4 Å². The second kappa shape index (κ2) is 6.81. The molecule has 1 aromatic carbocycles. The molecule has 5 atom stereocenters. The average Bonchev–Trinajstić information content (AvgIpc) is 3.44. The summed E-state index contributed by atoms with van der Waals surface area (Å²) in [6.07, 6.45) is 7.79. The molecule has 3 heterocycles. The molecule has 2 aromatic rings. The highest BCUT2D eigenvalue weighted by Gasteiger charge is 2.75. The van der Waals surface area contributed by atoms with E-state index < -0.39 is 0 Å². The fourth-order valence-electron chi connectivity index (χ4n) is 7.65. The third-order valence-electron chi connectivity index (χ3n) is 9.46. The van der Waals surface area contributed by atoms with E-state index in [9.17, 15) is 14.4 Å². The molecule has 1 spiro atoms. The zero-order valence-corrected chi connectivity index (χ0v) is 18.7. The van der Waals surface area contributed by atoms with Gasteiger partial charge in [0.1, 0.15) is 5.78 Å². The van der Waals surface area contributed by atoms with Gasteiger partial charge in [0.25, 0.3) is 5.91 Å². The van der Waals surface area contributed by atoms with Crippen LogP contribution < -0.4 is 0 Å². The highest BCUT2D eigenvalue weighted by atomic mass is 16.2. The molecule has 170 valence electrons. The number of carbonyl (C=O) groups is 3. The van der Waals surface area contributed by atoms with Crippen LogP contribution in [-0.2, 0) is 9.59 Å². The number of Topliss-reactive ketones (excluding diaryl/α,β-unsaturated/α-hetero) is 1. The molecule has 2 saturated heterocycles. The van der Waals surface area contributed by atoms with E-state index in [1.165, 1.54) is 0 Å². The van der Waals surface area contributed by atoms with Crippen molar-refractivity contribution in [3.8, 4) is 5.69 Å². The first-order valence-electron chi connectivity index (χ1n) is 12.4. The largest absolute Gasteiger partial charge is 0.342 e. The summed E-state index contributed by atoms with van der Waals surface area (Å²) in [6.45, 7) is 3.08. The van der Waals surface area contributed by atoms with Gasteiger partial charge in [0.15, 0.2) is 0 Å². The van der Waals surface area contributed by atoms with Crippen molar-refractivity contribution in [1.29, 1.82) is 0 Å². The van der Waals surface area contributed by atoms with Crippen molar-refractivity contribution in [3.05, 3.63) is 54.4 Å². The Balaban J connectivity index is 1.02. The molecule has 6 nitrogen and oxygen atoms in total. The van der Waals surface area contributed by atoms with E-state index in [1.54, 1.807) is 0 Å². The van der Waals surface area contributed by atoms with Gasteiger partial charge in [-0.2, -0.15) is 0 Å². The molecule has 0 N–H and O–H groups in total. The third-order valence-corrected chi connectivity index (χ3v) is 9.46. The standard InChI is InChI=1S/C27H29N3O3/c31-24-19-15-18-21(22(18)24)23(19)26(33)30-14-9-27(16-30)7-12-29(13-8-27)25(32)17-5-1-2-6-20(17)28-10-3-4-11-28/h1-6,10-11,18-19,21-23H,7-9,12-16H2. The minimum absolute atomic E-state index is 0.0190. The fraction of sp³-hybridized carbons (Fsp3) is 0.519. The highest BCUT2D eigenvalue weighted by Crippen LogP contribution is 2.71. The summed E-state index contributed by atoms with van der Waals surface area (Å²) in [5, 5.41) is 0. The lowest BCUT2D eigenvalue weighted by atomic mass is 9.77. The summed E-state index contributed by atoms with van der Waals surface area (Å²) in [6, 6.07) is 11.7. The predicted octanol–water partition coefficient (Wildman–Crippen LogP) is 3.01. The Morgan fingerprint density at radius 2 is 1.61 bits per heavy atom. The van der Waals surface area contributed by atoms with E-state index >= 15 is 0 Å². The van der Waals surface area contributed by atoms with Gasteiger partial charge in [0.05, 0.1) is 17.2 Å². The van der Waals surface area contributed by atoms with E-state index in [-0.39, 0.29) is 35.0 Å². The minimum atomic E-state index is -0.0190. The van der Waals surface area contributed by atoms with Crippen molar-refractivity contribution >= 4 is 17.6 Å². The van der Waals surface area contributed by atoms with E-state index in [0.29, 0.717) is 17.6 Å². The van der Waals surface area contributed by atoms with Gasteiger partial charge in [-0.1, -0.05) is 12.1 Å².